The Labute approximate surface area is 179 Å². The number of carbonyl (C=O) groups is 1. The number of amides is 1. The van der Waals surface area contributed by atoms with Gasteiger partial charge in [0.25, 0.3) is 0 Å². The van der Waals surface area contributed by atoms with Crippen LogP contribution in [0.25, 0.3) is 0 Å². The van der Waals surface area contributed by atoms with E-state index in [1.165, 1.54) is 4.31 Å². The monoisotopic (exact) mass is 430 g/mol. The maximum Gasteiger partial charge on any atom is 0.243 e. The highest BCUT2D eigenvalue weighted by Gasteiger charge is 2.32. The van der Waals surface area contributed by atoms with Gasteiger partial charge in [-0.25, -0.2) is 8.42 Å². The molecule has 30 heavy (non-hydrogen) atoms. The number of hydrogen-bond acceptors (Lipinski definition) is 4. The van der Waals surface area contributed by atoms with Crippen molar-refractivity contribution in [3.05, 3.63) is 58.7 Å². The highest BCUT2D eigenvalue weighted by Crippen LogP contribution is 2.26. The number of methoxy groups -OCH3 is 1. The quantitative estimate of drug-likeness (QED) is 0.706. The number of carbonyl (C=O) groups excluding carboxylic acids is 1. The Bertz CT molecular complexity index is 985. The summed E-state index contributed by atoms with van der Waals surface area (Å²) in [5, 5.41) is 0. The molecule has 0 aliphatic carbocycles. The fraction of sp³-hybridized carbons (Fsp3) is 0.435. The molecule has 1 saturated heterocycles. The Morgan fingerprint density at radius 1 is 0.967 bits per heavy atom. The summed E-state index contributed by atoms with van der Waals surface area (Å²) < 4.78 is 33.0. The summed E-state index contributed by atoms with van der Waals surface area (Å²) in [6.07, 6.45) is 1.07. The minimum Gasteiger partial charge on any atom is -0.497 e. The molecule has 0 unspecified atom stereocenters. The summed E-state index contributed by atoms with van der Waals surface area (Å²) in [6.45, 7) is 7.13. The molecule has 0 saturated carbocycles. The molecule has 2 aromatic rings. The second-order valence-corrected chi connectivity index (χ2v) is 9.74. The predicted octanol–water partition coefficient (Wildman–Crippen LogP) is 3.09. The van der Waals surface area contributed by atoms with Crippen LogP contribution in [0, 0.1) is 20.8 Å². The highest BCUT2D eigenvalue weighted by atomic mass is 32.2. The molecule has 1 amide bonds. The SMILES string of the molecule is COc1ccc(CCC(=O)N2CCN(S(=O)(=O)c3c(C)cc(C)cc3C)CC2)cc1. The lowest BCUT2D eigenvalue weighted by molar-refractivity contribution is -0.132. The van der Waals surface area contributed by atoms with E-state index in [-0.39, 0.29) is 5.91 Å². The van der Waals surface area contributed by atoms with Crippen molar-refractivity contribution in [2.45, 2.75) is 38.5 Å². The molecule has 3 rings (SSSR count). The first kappa shape index (κ1) is 22.3. The second-order valence-electron chi connectivity index (χ2n) is 7.86. The molecule has 0 spiro atoms. The highest BCUT2D eigenvalue weighted by molar-refractivity contribution is 7.89. The van der Waals surface area contributed by atoms with E-state index in [2.05, 4.69) is 0 Å². The molecule has 6 nitrogen and oxygen atoms in total. The van der Waals surface area contributed by atoms with Gasteiger partial charge in [0.15, 0.2) is 0 Å². The van der Waals surface area contributed by atoms with E-state index in [0.717, 1.165) is 28.0 Å². The number of aryl methyl sites for hydroxylation is 4. The Morgan fingerprint density at radius 2 is 1.53 bits per heavy atom. The molecule has 0 aromatic heterocycles. The van der Waals surface area contributed by atoms with Crippen LogP contribution < -0.4 is 4.74 Å². The van der Waals surface area contributed by atoms with Crippen LogP contribution >= 0.6 is 0 Å². The van der Waals surface area contributed by atoms with Gasteiger partial charge in [-0.15, -0.1) is 0 Å². The lowest BCUT2D eigenvalue weighted by Crippen LogP contribution is -2.50. The molecular weight excluding hydrogens is 400 g/mol. The molecule has 1 aliphatic rings. The van der Waals surface area contributed by atoms with E-state index in [1.54, 1.807) is 12.0 Å². The number of ether oxygens (including phenoxy) is 1. The summed E-state index contributed by atoms with van der Waals surface area (Å²) >= 11 is 0. The van der Waals surface area contributed by atoms with Crippen molar-refractivity contribution < 1.29 is 17.9 Å². The van der Waals surface area contributed by atoms with Crippen LogP contribution in [-0.2, 0) is 21.2 Å². The minimum atomic E-state index is -3.57. The molecule has 7 heteroatoms. The molecule has 0 atom stereocenters. The average Bonchev–Trinajstić information content (AvgIpc) is 2.71. The van der Waals surface area contributed by atoms with Crippen molar-refractivity contribution in [1.82, 2.24) is 9.21 Å². The van der Waals surface area contributed by atoms with Crippen LogP contribution in [0.1, 0.15) is 28.7 Å². The summed E-state index contributed by atoms with van der Waals surface area (Å²) in [4.78, 5) is 14.8. The fourth-order valence-electron chi connectivity index (χ4n) is 4.08. The van der Waals surface area contributed by atoms with E-state index in [4.69, 9.17) is 4.74 Å². The molecule has 1 heterocycles. The lowest BCUT2D eigenvalue weighted by Gasteiger charge is -2.34. The summed E-state index contributed by atoms with van der Waals surface area (Å²) in [6, 6.07) is 11.5. The van der Waals surface area contributed by atoms with Gasteiger partial charge in [-0.05, 0) is 56.0 Å². The molecule has 2 aromatic carbocycles. The molecule has 1 aliphatic heterocycles. The van der Waals surface area contributed by atoms with Gasteiger partial charge in [0.05, 0.1) is 12.0 Å². The standard InChI is InChI=1S/C23H30N2O4S/c1-17-15-18(2)23(19(3)16-17)30(27,28)25-13-11-24(12-14-25)22(26)10-7-20-5-8-21(29-4)9-6-20/h5-6,8-9,15-16H,7,10-14H2,1-4H3. The normalized spacial score (nSPS) is 15.3. The Kier molecular flexibility index (Phi) is 6.83. The number of benzene rings is 2. The third-order valence-electron chi connectivity index (χ3n) is 5.58. The van der Waals surface area contributed by atoms with Crippen molar-refractivity contribution in [1.29, 1.82) is 0 Å². The summed E-state index contributed by atoms with van der Waals surface area (Å²) in [5.74, 6) is 0.854. The summed E-state index contributed by atoms with van der Waals surface area (Å²) in [5.41, 5.74) is 3.67. The molecule has 0 N–H and O–H groups in total. The van der Waals surface area contributed by atoms with Crippen molar-refractivity contribution in [2.24, 2.45) is 0 Å². The minimum absolute atomic E-state index is 0.0607. The van der Waals surface area contributed by atoms with Gasteiger partial charge in [-0.3, -0.25) is 4.79 Å². The van der Waals surface area contributed by atoms with Crippen molar-refractivity contribution in [3.8, 4) is 5.75 Å². The smallest absolute Gasteiger partial charge is 0.243 e. The van der Waals surface area contributed by atoms with Gasteiger partial charge in [-0.2, -0.15) is 4.31 Å². The van der Waals surface area contributed by atoms with Gasteiger partial charge in [0, 0.05) is 32.6 Å². The number of hydrogen-bond donors (Lipinski definition) is 0. The molecule has 0 bridgehead atoms. The van der Waals surface area contributed by atoms with Crippen molar-refractivity contribution in [2.75, 3.05) is 33.3 Å². The number of rotatable bonds is 6. The van der Waals surface area contributed by atoms with E-state index in [9.17, 15) is 13.2 Å². The second kappa shape index (κ2) is 9.18. The van der Waals surface area contributed by atoms with E-state index < -0.39 is 10.0 Å². The first-order chi connectivity index (χ1) is 14.2. The summed E-state index contributed by atoms with van der Waals surface area (Å²) in [7, 11) is -1.94. The maximum atomic E-state index is 13.2. The largest absolute Gasteiger partial charge is 0.497 e. The third kappa shape index (κ3) is 4.84. The van der Waals surface area contributed by atoms with Crippen LogP contribution in [0.3, 0.4) is 0 Å². The van der Waals surface area contributed by atoms with Gasteiger partial charge in [0.2, 0.25) is 15.9 Å². The van der Waals surface area contributed by atoms with E-state index in [1.807, 2.05) is 57.2 Å². The van der Waals surface area contributed by atoms with Crippen LogP contribution in [0.2, 0.25) is 0 Å². The zero-order valence-corrected chi connectivity index (χ0v) is 19.0. The van der Waals surface area contributed by atoms with E-state index in [0.29, 0.717) is 43.9 Å². The van der Waals surface area contributed by atoms with Gasteiger partial charge in [-0.1, -0.05) is 29.8 Å². The Morgan fingerprint density at radius 3 is 2.07 bits per heavy atom. The fourth-order valence-corrected chi connectivity index (χ4v) is 5.92. The molecule has 162 valence electrons. The van der Waals surface area contributed by atoms with Gasteiger partial charge >= 0.3 is 0 Å². The first-order valence-electron chi connectivity index (χ1n) is 10.2. The Balaban J connectivity index is 1.59. The van der Waals surface area contributed by atoms with E-state index >= 15 is 0 Å². The van der Waals surface area contributed by atoms with Gasteiger partial charge < -0.3 is 9.64 Å². The molecule has 0 radical (unpaired) electrons. The number of sulfonamides is 1. The molecule has 1 fully saturated rings. The Hall–Kier alpha value is -2.38. The third-order valence-corrected chi connectivity index (χ3v) is 7.79. The van der Waals surface area contributed by atoms with Crippen LogP contribution in [0.15, 0.2) is 41.3 Å². The van der Waals surface area contributed by atoms with Crippen LogP contribution in [-0.4, -0.2) is 56.8 Å². The zero-order valence-electron chi connectivity index (χ0n) is 18.1. The number of piperazine rings is 1. The maximum absolute atomic E-state index is 13.2. The average molecular weight is 431 g/mol. The topological polar surface area (TPSA) is 66.9 Å². The van der Waals surface area contributed by atoms with Gasteiger partial charge in [0.1, 0.15) is 5.75 Å². The predicted molar refractivity (Wildman–Crippen MR) is 117 cm³/mol. The van der Waals surface area contributed by atoms with Crippen LogP contribution in [0.5, 0.6) is 5.75 Å². The lowest BCUT2D eigenvalue weighted by atomic mass is 10.1. The van der Waals surface area contributed by atoms with Crippen molar-refractivity contribution >= 4 is 15.9 Å². The van der Waals surface area contributed by atoms with Crippen molar-refractivity contribution in [3.63, 3.8) is 0 Å². The van der Waals surface area contributed by atoms with Crippen LogP contribution in [0.4, 0.5) is 0 Å². The first-order valence-corrected chi connectivity index (χ1v) is 11.6. The zero-order chi connectivity index (χ0) is 21.9. The molecular formula is C23H30N2O4S. The number of nitrogens with zero attached hydrogens (tertiary/aromatic N) is 2.